The molecule has 1 amide bonds. The van der Waals surface area contributed by atoms with E-state index in [2.05, 4.69) is 15.4 Å². The van der Waals surface area contributed by atoms with Crippen LogP contribution in [-0.2, 0) is 13.6 Å². The number of fused-ring (bicyclic) bond motifs is 1. The third kappa shape index (κ3) is 2.42. The summed E-state index contributed by atoms with van der Waals surface area (Å²) in [5.74, 6) is -0.132. The average molecular weight is 286 g/mol. The molecule has 0 saturated heterocycles. The smallest absolute Gasteiger partial charge is 0.269 e. The second-order valence-corrected chi connectivity index (χ2v) is 5.67. The number of amides is 1. The van der Waals surface area contributed by atoms with Gasteiger partial charge in [-0.3, -0.25) is 9.48 Å². The number of carbonyl (C=O) groups excluding carboxylic acids is 1. The minimum absolute atomic E-state index is 0.132. The topological polar surface area (TPSA) is 59.8 Å². The van der Waals surface area contributed by atoms with Crippen molar-refractivity contribution >= 4 is 27.5 Å². The number of rotatable bonds is 3. The first-order chi connectivity index (χ1) is 9.63. The fraction of sp³-hybridized carbons (Fsp3) is 0.214. The van der Waals surface area contributed by atoms with Gasteiger partial charge < -0.3 is 5.32 Å². The van der Waals surface area contributed by atoms with Crippen LogP contribution in [0.2, 0.25) is 0 Å². The summed E-state index contributed by atoms with van der Waals surface area (Å²) < 4.78 is 2.72. The Morgan fingerprint density at radius 3 is 2.90 bits per heavy atom. The Kier molecular flexibility index (Phi) is 3.23. The maximum Gasteiger partial charge on any atom is 0.269 e. The van der Waals surface area contributed by atoms with Gasteiger partial charge in [-0.05, 0) is 25.1 Å². The minimum Gasteiger partial charge on any atom is -0.344 e. The van der Waals surface area contributed by atoms with E-state index in [9.17, 15) is 4.79 Å². The summed E-state index contributed by atoms with van der Waals surface area (Å²) >= 11 is 1.60. The van der Waals surface area contributed by atoms with Gasteiger partial charge in [0.05, 0.1) is 22.5 Å². The number of hydrogen-bond acceptors (Lipinski definition) is 4. The second-order valence-electron chi connectivity index (χ2n) is 4.55. The van der Waals surface area contributed by atoms with E-state index < -0.39 is 0 Å². The summed E-state index contributed by atoms with van der Waals surface area (Å²) in [7, 11) is 1.76. The van der Waals surface area contributed by atoms with Gasteiger partial charge in [-0.15, -0.1) is 11.3 Å². The molecule has 2 aromatic heterocycles. The Balaban J connectivity index is 1.73. The molecular weight excluding hydrogens is 272 g/mol. The molecule has 0 saturated carbocycles. The monoisotopic (exact) mass is 286 g/mol. The molecule has 0 atom stereocenters. The molecular formula is C14H14N4OS. The summed E-state index contributed by atoms with van der Waals surface area (Å²) in [6.45, 7) is 2.30. The maximum atomic E-state index is 12.1. The lowest BCUT2D eigenvalue weighted by Gasteiger charge is -2.02. The minimum atomic E-state index is -0.132. The van der Waals surface area contributed by atoms with E-state index in [1.165, 1.54) is 0 Å². The molecule has 0 fully saturated rings. The Hall–Kier alpha value is -2.21. The Bertz CT molecular complexity index is 741. The highest BCUT2D eigenvalue weighted by Gasteiger charge is 2.12. The van der Waals surface area contributed by atoms with Crippen LogP contribution in [0.1, 0.15) is 21.2 Å². The highest BCUT2D eigenvalue weighted by atomic mass is 32.1. The molecule has 1 N–H and O–H groups in total. The van der Waals surface area contributed by atoms with Crippen LogP contribution in [0.5, 0.6) is 0 Å². The molecule has 3 aromatic rings. The quantitative estimate of drug-likeness (QED) is 0.803. The van der Waals surface area contributed by atoms with Crippen molar-refractivity contribution in [2.75, 3.05) is 0 Å². The van der Waals surface area contributed by atoms with Crippen LogP contribution in [0, 0.1) is 6.92 Å². The van der Waals surface area contributed by atoms with Crippen LogP contribution >= 0.6 is 11.3 Å². The molecule has 0 spiro atoms. The number of benzene rings is 1. The van der Waals surface area contributed by atoms with Crippen molar-refractivity contribution in [2.24, 2.45) is 7.05 Å². The molecule has 5 nitrogen and oxygen atoms in total. The number of aromatic nitrogens is 3. The van der Waals surface area contributed by atoms with Crippen LogP contribution in [0.25, 0.3) is 10.2 Å². The lowest BCUT2D eigenvalue weighted by atomic mass is 10.3. The van der Waals surface area contributed by atoms with E-state index in [4.69, 9.17) is 0 Å². The zero-order chi connectivity index (χ0) is 14.1. The molecule has 0 aliphatic heterocycles. The normalized spacial score (nSPS) is 10.9. The third-order valence-electron chi connectivity index (χ3n) is 2.97. The van der Waals surface area contributed by atoms with E-state index in [0.29, 0.717) is 12.2 Å². The van der Waals surface area contributed by atoms with E-state index in [1.807, 2.05) is 31.2 Å². The largest absolute Gasteiger partial charge is 0.344 e. The van der Waals surface area contributed by atoms with Crippen LogP contribution in [0.4, 0.5) is 0 Å². The van der Waals surface area contributed by atoms with Crippen molar-refractivity contribution in [1.29, 1.82) is 0 Å². The van der Waals surface area contributed by atoms with Gasteiger partial charge >= 0.3 is 0 Å². The van der Waals surface area contributed by atoms with E-state index in [-0.39, 0.29) is 5.91 Å². The van der Waals surface area contributed by atoms with Crippen molar-refractivity contribution in [3.63, 3.8) is 0 Å². The SMILES string of the molecule is Cc1cc(C(=O)NCc2nc3ccccc3s2)n(C)n1. The number of hydrogen-bond donors (Lipinski definition) is 1. The van der Waals surface area contributed by atoms with Gasteiger partial charge in [0, 0.05) is 7.05 Å². The number of aryl methyl sites for hydroxylation is 2. The van der Waals surface area contributed by atoms with E-state index in [0.717, 1.165) is 20.9 Å². The number of nitrogens with zero attached hydrogens (tertiary/aromatic N) is 3. The van der Waals surface area contributed by atoms with Crippen LogP contribution in [0.3, 0.4) is 0 Å². The highest BCUT2D eigenvalue weighted by molar-refractivity contribution is 7.18. The molecule has 0 aliphatic rings. The molecule has 6 heteroatoms. The first-order valence-electron chi connectivity index (χ1n) is 6.27. The van der Waals surface area contributed by atoms with Gasteiger partial charge in [0.15, 0.2) is 0 Å². The lowest BCUT2D eigenvalue weighted by molar-refractivity contribution is 0.0941. The molecule has 0 bridgehead atoms. The Morgan fingerprint density at radius 2 is 2.20 bits per heavy atom. The fourth-order valence-corrected chi connectivity index (χ4v) is 2.97. The first-order valence-corrected chi connectivity index (χ1v) is 7.08. The summed E-state index contributed by atoms with van der Waals surface area (Å²) in [6, 6.07) is 9.72. The van der Waals surface area contributed by atoms with Crippen molar-refractivity contribution in [3.05, 3.63) is 46.7 Å². The summed E-state index contributed by atoms with van der Waals surface area (Å²) in [5.41, 5.74) is 2.36. The molecule has 1 aromatic carbocycles. The molecule has 3 rings (SSSR count). The molecule has 102 valence electrons. The number of nitrogens with one attached hydrogen (secondary N) is 1. The van der Waals surface area contributed by atoms with E-state index >= 15 is 0 Å². The van der Waals surface area contributed by atoms with Crippen molar-refractivity contribution < 1.29 is 4.79 Å². The van der Waals surface area contributed by atoms with Gasteiger partial charge in [-0.25, -0.2) is 4.98 Å². The molecule has 0 aliphatic carbocycles. The lowest BCUT2D eigenvalue weighted by Crippen LogP contribution is -2.25. The second kappa shape index (κ2) is 5.05. The van der Waals surface area contributed by atoms with Gasteiger partial charge in [0.1, 0.15) is 10.7 Å². The van der Waals surface area contributed by atoms with Crippen molar-refractivity contribution in [3.8, 4) is 0 Å². The molecule has 0 unspecified atom stereocenters. The number of para-hydroxylation sites is 1. The Labute approximate surface area is 120 Å². The summed E-state index contributed by atoms with van der Waals surface area (Å²) in [6.07, 6.45) is 0. The van der Waals surface area contributed by atoms with Crippen LogP contribution < -0.4 is 5.32 Å². The van der Waals surface area contributed by atoms with Gasteiger partial charge in [-0.2, -0.15) is 5.10 Å². The highest BCUT2D eigenvalue weighted by Crippen LogP contribution is 2.21. The molecule has 20 heavy (non-hydrogen) atoms. The van der Waals surface area contributed by atoms with Crippen LogP contribution in [-0.4, -0.2) is 20.7 Å². The van der Waals surface area contributed by atoms with Gasteiger partial charge in [-0.1, -0.05) is 12.1 Å². The standard InChI is InChI=1S/C14H14N4OS/c1-9-7-11(18(2)17-9)14(19)15-8-13-16-10-5-3-4-6-12(10)20-13/h3-7H,8H2,1-2H3,(H,15,19). The van der Waals surface area contributed by atoms with Crippen molar-refractivity contribution in [2.45, 2.75) is 13.5 Å². The predicted octanol–water partition coefficient (Wildman–Crippen LogP) is 2.27. The van der Waals surface area contributed by atoms with Crippen molar-refractivity contribution in [1.82, 2.24) is 20.1 Å². The predicted molar refractivity (Wildman–Crippen MR) is 78.7 cm³/mol. The number of carbonyl (C=O) groups is 1. The Morgan fingerprint density at radius 1 is 1.40 bits per heavy atom. The summed E-state index contributed by atoms with van der Waals surface area (Å²) in [5, 5.41) is 7.94. The third-order valence-corrected chi connectivity index (χ3v) is 4.01. The van der Waals surface area contributed by atoms with E-state index in [1.54, 1.807) is 29.1 Å². The number of thiazole rings is 1. The molecule has 2 heterocycles. The zero-order valence-corrected chi connectivity index (χ0v) is 12.1. The van der Waals surface area contributed by atoms with Gasteiger partial charge in [0.25, 0.3) is 5.91 Å². The average Bonchev–Trinajstić information content (AvgIpc) is 2.98. The van der Waals surface area contributed by atoms with Crippen LogP contribution in [0.15, 0.2) is 30.3 Å². The first kappa shape index (κ1) is 12.8. The molecule has 0 radical (unpaired) electrons. The van der Waals surface area contributed by atoms with Gasteiger partial charge in [0.2, 0.25) is 0 Å². The fourth-order valence-electron chi connectivity index (χ4n) is 2.07. The zero-order valence-electron chi connectivity index (χ0n) is 11.3. The maximum absolute atomic E-state index is 12.1. The summed E-state index contributed by atoms with van der Waals surface area (Å²) in [4.78, 5) is 16.6.